The first-order valence-electron chi connectivity index (χ1n) is 6.82. The van der Waals surface area contributed by atoms with Gasteiger partial charge in [0.25, 0.3) is 0 Å². The quantitative estimate of drug-likeness (QED) is 0.873. The van der Waals surface area contributed by atoms with Crippen molar-refractivity contribution in [2.24, 2.45) is 5.73 Å². The molecule has 0 saturated heterocycles. The van der Waals surface area contributed by atoms with Crippen LogP contribution in [0, 0.1) is 0 Å². The molecule has 1 atom stereocenters. The molecule has 1 aromatic heterocycles. The Morgan fingerprint density at radius 3 is 2.90 bits per heavy atom. The zero-order chi connectivity index (χ0) is 14.5. The molecule has 108 valence electrons. The molecule has 0 amide bonds. The Labute approximate surface area is 128 Å². The summed E-state index contributed by atoms with van der Waals surface area (Å²) in [5.74, 6) is 1.54. The predicted molar refractivity (Wildman–Crippen MR) is 84.1 cm³/mol. The lowest BCUT2D eigenvalue weighted by Crippen LogP contribution is -2.17. The molecular weight excluding hydrogens is 318 g/mol. The number of nitrogens with two attached hydrogens (primary N) is 1. The van der Waals surface area contributed by atoms with Gasteiger partial charge in [0.1, 0.15) is 5.75 Å². The smallest absolute Gasteiger partial charge is 0.165 e. The fourth-order valence-electron chi connectivity index (χ4n) is 2.00. The fraction of sp³-hybridized carbons (Fsp3) is 0.400. The third-order valence-corrected chi connectivity index (χ3v) is 3.46. The summed E-state index contributed by atoms with van der Waals surface area (Å²) in [6.07, 6.45) is 5.55. The predicted octanol–water partition coefficient (Wildman–Crippen LogP) is 3.74. The van der Waals surface area contributed by atoms with E-state index in [1.54, 1.807) is 6.20 Å². The summed E-state index contributed by atoms with van der Waals surface area (Å²) >= 11 is 3.54. The van der Waals surface area contributed by atoms with Crippen LogP contribution in [-0.4, -0.2) is 15.8 Å². The van der Waals surface area contributed by atoms with Crippen molar-refractivity contribution in [2.45, 2.75) is 39.3 Å². The first-order chi connectivity index (χ1) is 9.58. The minimum Gasteiger partial charge on any atom is -0.453 e. The van der Waals surface area contributed by atoms with Crippen molar-refractivity contribution in [2.75, 3.05) is 0 Å². The van der Waals surface area contributed by atoms with Gasteiger partial charge in [0.05, 0.1) is 16.9 Å². The van der Waals surface area contributed by atoms with Crippen molar-refractivity contribution >= 4 is 15.9 Å². The minimum absolute atomic E-state index is 0.154. The van der Waals surface area contributed by atoms with Crippen LogP contribution in [-0.2, 0) is 13.0 Å². The Bertz CT molecular complexity index is 566. The summed E-state index contributed by atoms with van der Waals surface area (Å²) in [5, 5.41) is 4.25. The molecule has 20 heavy (non-hydrogen) atoms. The van der Waals surface area contributed by atoms with Crippen LogP contribution in [0.1, 0.15) is 25.8 Å². The number of hydrogen-bond donors (Lipinski definition) is 1. The van der Waals surface area contributed by atoms with E-state index >= 15 is 0 Å². The summed E-state index contributed by atoms with van der Waals surface area (Å²) in [5.41, 5.74) is 7.01. The van der Waals surface area contributed by atoms with Crippen LogP contribution >= 0.6 is 15.9 Å². The summed E-state index contributed by atoms with van der Waals surface area (Å²) < 4.78 is 8.65. The van der Waals surface area contributed by atoms with E-state index in [4.69, 9.17) is 10.5 Å². The second-order valence-corrected chi connectivity index (χ2v) is 5.84. The van der Waals surface area contributed by atoms with Crippen molar-refractivity contribution in [3.63, 3.8) is 0 Å². The van der Waals surface area contributed by atoms with E-state index in [1.165, 1.54) is 5.56 Å². The normalized spacial score (nSPS) is 12.4. The van der Waals surface area contributed by atoms with Gasteiger partial charge in [-0.3, -0.25) is 4.68 Å². The number of rotatable bonds is 6. The SMILES string of the molecule is CCCn1cc(Oc2ccc(CC(C)N)cc2Br)cn1. The van der Waals surface area contributed by atoms with Crippen LogP contribution < -0.4 is 10.5 Å². The highest BCUT2D eigenvalue weighted by molar-refractivity contribution is 9.10. The summed E-state index contributed by atoms with van der Waals surface area (Å²) in [4.78, 5) is 0. The Hall–Kier alpha value is -1.33. The second-order valence-electron chi connectivity index (χ2n) is 4.99. The van der Waals surface area contributed by atoms with Gasteiger partial charge in [0, 0.05) is 12.6 Å². The molecule has 2 aromatic rings. The lowest BCUT2D eigenvalue weighted by atomic mass is 10.1. The topological polar surface area (TPSA) is 53.1 Å². The zero-order valence-electron chi connectivity index (χ0n) is 11.8. The number of benzene rings is 1. The Kier molecular flexibility index (Phi) is 5.20. The number of halogens is 1. The highest BCUT2D eigenvalue weighted by Crippen LogP contribution is 2.30. The van der Waals surface area contributed by atoms with Gasteiger partial charge in [-0.05, 0) is 53.4 Å². The van der Waals surface area contributed by atoms with Crippen LogP contribution in [0.2, 0.25) is 0 Å². The standard InChI is InChI=1S/C15H20BrN3O/c1-3-6-19-10-13(9-18-19)20-15-5-4-12(7-11(2)17)8-14(15)16/h4-5,8-11H,3,6-7,17H2,1-2H3. The van der Waals surface area contributed by atoms with Crippen LogP contribution in [0.15, 0.2) is 35.1 Å². The first kappa shape index (κ1) is 15.1. The fourth-order valence-corrected chi connectivity index (χ4v) is 2.51. The number of aryl methyl sites for hydroxylation is 1. The van der Waals surface area contributed by atoms with Crippen LogP contribution in [0.5, 0.6) is 11.5 Å². The van der Waals surface area contributed by atoms with Crippen LogP contribution in [0.4, 0.5) is 0 Å². The number of hydrogen-bond acceptors (Lipinski definition) is 3. The van der Waals surface area contributed by atoms with Crippen molar-refractivity contribution in [3.05, 3.63) is 40.6 Å². The molecule has 2 N–H and O–H groups in total. The van der Waals surface area contributed by atoms with Gasteiger partial charge < -0.3 is 10.5 Å². The first-order valence-corrected chi connectivity index (χ1v) is 7.62. The number of nitrogens with zero attached hydrogens (tertiary/aromatic N) is 2. The summed E-state index contributed by atoms with van der Waals surface area (Å²) in [6, 6.07) is 6.20. The van der Waals surface area contributed by atoms with E-state index in [0.29, 0.717) is 0 Å². The van der Waals surface area contributed by atoms with Crippen molar-refractivity contribution in [3.8, 4) is 11.5 Å². The molecule has 1 heterocycles. The van der Waals surface area contributed by atoms with Crippen molar-refractivity contribution in [1.29, 1.82) is 0 Å². The molecule has 0 aliphatic carbocycles. The van der Waals surface area contributed by atoms with Crippen molar-refractivity contribution < 1.29 is 4.74 Å². The maximum absolute atomic E-state index is 5.83. The summed E-state index contributed by atoms with van der Waals surface area (Å²) in [6.45, 7) is 5.02. The van der Waals surface area contributed by atoms with E-state index in [2.05, 4.69) is 34.0 Å². The van der Waals surface area contributed by atoms with Gasteiger partial charge in [0.15, 0.2) is 5.75 Å². The molecule has 4 nitrogen and oxygen atoms in total. The molecule has 0 aliphatic rings. The zero-order valence-corrected chi connectivity index (χ0v) is 13.4. The Balaban J connectivity index is 2.08. The van der Waals surface area contributed by atoms with Gasteiger partial charge in [-0.25, -0.2) is 0 Å². The highest BCUT2D eigenvalue weighted by Gasteiger charge is 2.07. The maximum atomic E-state index is 5.83. The molecule has 1 aromatic carbocycles. The third-order valence-electron chi connectivity index (χ3n) is 2.84. The van der Waals surface area contributed by atoms with Gasteiger partial charge in [-0.2, -0.15) is 5.10 Å². The number of ether oxygens (including phenoxy) is 1. The van der Waals surface area contributed by atoms with E-state index in [9.17, 15) is 0 Å². The molecule has 1 unspecified atom stereocenters. The lowest BCUT2D eigenvalue weighted by molar-refractivity contribution is 0.477. The van der Waals surface area contributed by atoms with Crippen LogP contribution in [0.25, 0.3) is 0 Å². The Morgan fingerprint density at radius 2 is 2.25 bits per heavy atom. The van der Waals surface area contributed by atoms with Crippen LogP contribution in [0.3, 0.4) is 0 Å². The average molecular weight is 338 g/mol. The van der Waals surface area contributed by atoms with Gasteiger partial charge in [-0.1, -0.05) is 13.0 Å². The third kappa shape index (κ3) is 4.08. The monoisotopic (exact) mass is 337 g/mol. The number of aromatic nitrogens is 2. The maximum Gasteiger partial charge on any atom is 0.165 e. The summed E-state index contributed by atoms with van der Waals surface area (Å²) in [7, 11) is 0. The molecule has 0 saturated carbocycles. The van der Waals surface area contributed by atoms with Crippen molar-refractivity contribution in [1.82, 2.24) is 9.78 Å². The average Bonchev–Trinajstić information content (AvgIpc) is 2.80. The molecular formula is C15H20BrN3O. The van der Waals surface area contributed by atoms with E-state index in [0.717, 1.165) is 35.4 Å². The second kappa shape index (κ2) is 6.90. The van der Waals surface area contributed by atoms with Gasteiger partial charge in [-0.15, -0.1) is 0 Å². The van der Waals surface area contributed by atoms with E-state index < -0.39 is 0 Å². The molecule has 0 bridgehead atoms. The van der Waals surface area contributed by atoms with Gasteiger partial charge >= 0.3 is 0 Å². The van der Waals surface area contributed by atoms with E-state index in [1.807, 2.05) is 29.9 Å². The molecule has 0 aliphatic heterocycles. The molecule has 0 radical (unpaired) electrons. The lowest BCUT2D eigenvalue weighted by Gasteiger charge is -2.09. The molecule has 2 rings (SSSR count). The highest BCUT2D eigenvalue weighted by atomic mass is 79.9. The molecule has 5 heteroatoms. The molecule has 0 fully saturated rings. The van der Waals surface area contributed by atoms with Gasteiger partial charge in [0.2, 0.25) is 0 Å². The molecule has 0 spiro atoms. The van der Waals surface area contributed by atoms with E-state index in [-0.39, 0.29) is 6.04 Å². The minimum atomic E-state index is 0.154. The largest absolute Gasteiger partial charge is 0.453 e. The Morgan fingerprint density at radius 1 is 1.45 bits per heavy atom.